The Morgan fingerprint density at radius 3 is 2.50 bits per heavy atom. The van der Waals surface area contributed by atoms with Crippen molar-refractivity contribution in [1.29, 1.82) is 0 Å². The molecule has 0 spiro atoms. The number of nitrogens with zero attached hydrogens (tertiary/aromatic N) is 2. The molecule has 0 unspecified atom stereocenters. The number of benzene rings is 1. The molecule has 2 nitrogen and oxygen atoms in total. The summed E-state index contributed by atoms with van der Waals surface area (Å²) in [6, 6.07) is 10.6. The van der Waals surface area contributed by atoms with Crippen LogP contribution in [-0.2, 0) is 19.5 Å². The maximum Gasteiger partial charge on any atom is 0.260 e. The van der Waals surface area contributed by atoms with Crippen LogP contribution in [-0.4, -0.2) is 4.57 Å². The Morgan fingerprint density at radius 1 is 1.12 bits per heavy atom. The molecule has 0 bridgehead atoms. The van der Waals surface area contributed by atoms with Crippen LogP contribution in [0.25, 0.3) is 0 Å². The van der Waals surface area contributed by atoms with Crippen molar-refractivity contribution >= 4 is 0 Å². The molecule has 2 aromatic rings. The third-order valence-corrected chi connectivity index (χ3v) is 2.98. The second-order valence-electron chi connectivity index (χ2n) is 3.95. The van der Waals surface area contributed by atoms with E-state index in [9.17, 15) is 0 Å². The van der Waals surface area contributed by atoms with Crippen LogP contribution in [0.1, 0.15) is 25.2 Å². The van der Waals surface area contributed by atoms with E-state index in [1.54, 1.807) is 0 Å². The molecule has 0 N–H and O–H groups in total. The molecule has 1 aromatic carbocycles. The highest BCUT2D eigenvalue weighted by atomic mass is 15.1. The van der Waals surface area contributed by atoms with Gasteiger partial charge in [0.05, 0.1) is 19.5 Å². The zero-order valence-corrected chi connectivity index (χ0v) is 10.1. The van der Waals surface area contributed by atoms with Crippen LogP contribution in [0.5, 0.6) is 0 Å². The van der Waals surface area contributed by atoms with E-state index in [2.05, 4.69) is 65.7 Å². The van der Waals surface area contributed by atoms with Crippen LogP contribution in [0.4, 0.5) is 0 Å². The van der Waals surface area contributed by atoms with Crippen LogP contribution in [0, 0.1) is 0 Å². The van der Waals surface area contributed by atoms with E-state index in [0.717, 1.165) is 19.5 Å². The lowest BCUT2D eigenvalue weighted by Gasteiger charge is -2.02. The highest BCUT2D eigenvalue weighted by Crippen LogP contribution is 2.06. The minimum Gasteiger partial charge on any atom is -0.234 e. The minimum absolute atomic E-state index is 1.01. The van der Waals surface area contributed by atoms with Crippen molar-refractivity contribution in [3.63, 3.8) is 0 Å². The second-order valence-corrected chi connectivity index (χ2v) is 3.95. The number of imidazole rings is 1. The van der Waals surface area contributed by atoms with Crippen LogP contribution in [0.2, 0.25) is 0 Å². The van der Waals surface area contributed by atoms with Gasteiger partial charge in [-0.25, -0.2) is 9.13 Å². The van der Waals surface area contributed by atoms with E-state index in [1.807, 2.05) is 0 Å². The van der Waals surface area contributed by atoms with Gasteiger partial charge in [0.2, 0.25) is 0 Å². The summed E-state index contributed by atoms with van der Waals surface area (Å²) in [6.45, 7) is 6.45. The monoisotopic (exact) mass is 215 g/mol. The fraction of sp³-hybridized carbons (Fsp3) is 0.357. The molecule has 0 aliphatic carbocycles. The fourth-order valence-corrected chi connectivity index (χ4v) is 2.06. The Bertz CT molecular complexity index is 422. The molecule has 0 atom stereocenters. The smallest absolute Gasteiger partial charge is 0.234 e. The Morgan fingerprint density at radius 2 is 1.88 bits per heavy atom. The van der Waals surface area contributed by atoms with Gasteiger partial charge >= 0.3 is 0 Å². The molecule has 0 radical (unpaired) electrons. The molecule has 84 valence electrons. The topological polar surface area (TPSA) is 8.81 Å². The minimum atomic E-state index is 1.01. The van der Waals surface area contributed by atoms with E-state index in [-0.39, 0.29) is 0 Å². The molecule has 1 aromatic heterocycles. The molecule has 2 rings (SSSR count). The van der Waals surface area contributed by atoms with E-state index >= 15 is 0 Å². The first kappa shape index (κ1) is 10.9. The molecule has 0 aliphatic rings. The average molecular weight is 215 g/mol. The molecular weight excluding hydrogens is 196 g/mol. The van der Waals surface area contributed by atoms with Gasteiger partial charge in [0.15, 0.2) is 0 Å². The van der Waals surface area contributed by atoms with Crippen molar-refractivity contribution in [3.05, 3.63) is 54.1 Å². The van der Waals surface area contributed by atoms with Crippen LogP contribution in [0.15, 0.2) is 42.7 Å². The van der Waals surface area contributed by atoms with Gasteiger partial charge in [-0.3, -0.25) is 0 Å². The average Bonchev–Trinajstić information content (AvgIpc) is 2.72. The van der Waals surface area contributed by atoms with Gasteiger partial charge in [0, 0.05) is 0 Å². The molecule has 0 saturated carbocycles. The zero-order valence-electron chi connectivity index (χ0n) is 10.1. The number of rotatable bonds is 4. The Balaban J connectivity index is 2.29. The quantitative estimate of drug-likeness (QED) is 0.693. The molecular formula is C14H19N2+. The van der Waals surface area contributed by atoms with Gasteiger partial charge in [0.25, 0.3) is 5.82 Å². The summed E-state index contributed by atoms with van der Waals surface area (Å²) in [6.07, 6.45) is 5.35. The third-order valence-electron chi connectivity index (χ3n) is 2.98. The normalized spacial score (nSPS) is 10.6. The van der Waals surface area contributed by atoms with Crippen molar-refractivity contribution in [2.24, 2.45) is 0 Å². The fourth-order valence-electron chi connectivity index (χ4n) is 2.06. The first-order chi connectivity index (χ1) is 7.85. The highest BCUT2D eigenvalue weighted by molar-refractivity contribution is 5.18. The van der Waals surface area contributed by atoms with Crippen molar-refractivity contribution < 1.29 is 4.57 Å². The molecule has 16 heavy (non-hydrogen) atoms. The standard InChI is InChI=1S/C14H19N2/c1-3-15-10-11-16(4-2)14(15)12-13-8-6-5-7-9-13/h5-11H,3-4,12H2,1-2H3/q+1. The lowest BCUT2D eigenvalue weighted by atomic mass is 10.1. The SMILES string of the molecule is CCn1cc[n+](CC)c1Cc1ccccc1. The van der Waals surface area contributed by atoms with Gasteiger partial charge in [-0.2, -0.15) is 0 Å². The van der Waals surface area contributed by atoms with Crippen molar-refractivity contribution in [1.82, 2.24) is 4.57 Å². The van der Waals surface area contributed by atoms with E-state index in [4.69, 9.17) is 0 Å². The van der Waals surface area contributed by atoms with Crippen molar-refractivity contribution in [2.75, 3.05) is 0 Å². The first-order valence-corrected chi connectivity index (χ1v) is 5.96. The Hall–Kier alpha value is -1.57. The zero-order chi connectivity index (χ0) is 11.4. The maximum atomic E-state index is 2.32. The number of hydrogen-bond donors (Lipinski definition) is 0. The predicted molar refractivity (Wildman–Crippen MR) is 65.2 cm³/mol. The number of hydrogen-bond acceptors (Lipinski definition) is 0. The second kappa shape index (κ2) is 4.97. The molecule has 1 heterocycles. The molecule has 0 amide bonds. The van der Waals surface area contributed by atoms with E-state index in [0.29, 0.717) is 0 Å². The molecule has 0 aliphatic heterocycles. The summed E-state index contributed by atoms with van der Waals surface area (Å²) in [5.74, 6) is 1.39. The lowest BCUT2D eigenvalue weighted by molar-refractivity contribution is -0.700. The molecule has 2 heteroatoms. The van der Waals surface area contributed by atoms with Crippen LogP contribution in [0.3, 0.4) is 0 Å². The Kier molecular flexibility index (Phi) is 3.40. The number of aromatic nitrogens is 2. The largest absolute Gasteiger partial charge is 0.260 e. The van der Waals surface area contributed by atoms with E-state index in [1.165, 1.54) is 11.4 Å². The van der Waals surface area contributed by atoms with Gasteiger partial charge in [0.1, 0.15) is 12.4 Å². The highest BCUT2D eigenvalue weighted by Gasteiger charge is 2.14. The molecule has 0 saturated heterocycles. The summed E-state index contributed by atoms with van der Waals surface area (Å²) >= 11 is 0. The summed E-state index contributed by atoms with van der Waals surface area (Å²) in [7, 11) is 0. The number of aryl methyl sites for hydroxylation is 2. The summed E-state index contributed by atoms with van der Waals surface area (Å²) < 4.78 is 4.63. The van der Waals surface area contributed by atoms with Crippen LogP contribution >= 0.6 is 0 Å². The van der Waals surface area contributed by atoms with Gasteiger partial charge in [-0.05, 0) is 19.4 Å². The predicted octanol–water partition coefficient (Wildman–Crippen LogP) is 2.41. The maximum absolute atomic E-state index is 2.32. The summed E-state index contributed by atoms with van der Waals surface area (Å²) in [5, 5.41) is 0. The molecule has 0 fully saturated rings. The third kappa shape index (κ3) is 2.16. The summed E-state index contributed by atoms with van der Waals surface area (Å²) in [5.41, 5.74) is 1.37. The van der Waals surface area contributed by atoms with Gasteiger partial charge in [-0.1, -0.05) is 30.3 Å². The lowest BCUT2D eigenvalue weighted by Crippen LogP contribution is -2.36. The Labute approximate surface area is 97.2 Å². The van der Waals surface area contributed by atoms with Crippen molar-refractivity contribution in [2.45, 2.75) is 33.4 Å². The van der Waals surface area contributed by atoms with Gasteiger partial charge in [-0.15, -0.1) is 0 Å². The first-order valence-electron chi connectivity index (χ1n) is 5.96. The van der Waals surface area contributed by atoms with Crippen LogP contribution < -0.4 is 4.57 Å². The summed E-state index contributed by atoms with van der Waals surface area (Å²) in [4.78, 5) is 0. The van der Waals surface area contributed by atoms with E-state index < -0.39 is 0 Å². The van der Waals surface area contributed by atoms with Crippen molar-refractivity contribution in [3.8, 4) is 0 Å². The van der Waals surface area contributed by atoms with Gasteiger partial charge < -0.3 is 0 Å².